The van der Waals surface area contributed by atoms with E-state index in [0.29, 0.717) is 22.6 Å². The van der Waals surface area contributed by atoms with Gasteiger partial charge in [-0.1, -0.05) is 24.3 Å². The van der Waals surface area contributed by atoms with E-state index in [-0.39, 0.29) is 0 Å². The lowest BCUT2D eigenvalue weighted by Crippen LogP contribution is -2.22. The molecule has 2 unspecified atom stereocenters. The molecule has 154 valence electrons. The first-order valence-electron chi connectivity index (χ1n) is 8.07. The van der Waals surface area contributed by atoms with Crippen LogP contribution in [0.3, 0.4) is 0 Å². The van der Waals surface area contributed by atoms with E-state index in [1.165, 1.54) is 14.2 Å². The maximum absolute atomic E-state index is 11.9. The van der Waals surface area contributed by atoms with Crippen LogP contribution in [0.1, 0.15) is 23.3 Å². The zero-order valence-corrected chi connectivity index (χ0v) is 17.5. The van der Waals surface area contributed by atoms with Gasteiger partial charge >= 0.3 is 0 Å². The molecule has 0 aliphatic carbocycles. The van der Waals surface area contributed by atoms with Crippen LogP contribution in [0.15, 0.2) is 48.5 Å². The van der Waals surface area contributed by atoms with Gasteiger partial charge in [0.2, 0.25) is 0 Å². The SMILES string of the molecule is COc1ccc(C(OS(C)(=O)=O)C(OS(C)(=O)=O)c2ccc(OC)cc2)cc1. The smallest absolute Gasteiger partial charge is 0.265 e. The molecule has 10 heteroatoms. The average molecular weight is 431 g/mol. The van der Waals surface area contributed by atoms with Crippen LogP contribution in [0.2, 0.25) is 0 Å². The van der Waals surface area contributed by atoms with E-state index in [2.05, 4.69) is 0 Å². The maximum atomic E-state index is 11.9. The van der Waals surface area contributed by atoms with Crippen molar-refractivity contribution >= 4 is 20.2 Å². The summed E-state index contributed by atoms with van der Waals surface area (Å²) in [6.07, 6.45) is -0.725. The highest BCUT2D eigenvalue weighted by Crippen LogP contribution is 2.38. The summed E-state index contributed by atoms with van der Waals surface area (Å²) in [5.41, 5.74) is 0.798. The molecular formula is C18H22O8S2. The predicted molar refractivity (Wildman–Crippen MR) is 103 cm³/mol. The molecule has 2 aromatic rings. The summed E-state index contributed by atoms with van der Waals surface area (Å²) in [6.45, 7) is 0. The van der Waals surface area contributed by atoms with Crippen LogP contribution in [0.5, 0.6) is 11.5 Å². The Kier molecular flexibility index (Phi) is 7.05. The number of hydrogen-bond acceptors (Lipinski definition) is 8. The molecule has 0 radical (unpaired) electrons. The molecule has 0 amide bonds. The van der Waals surface area contributed by atoms with E-state index in [9.17, 15) is 16.8 Å². The summed E-state index contributed by atoms with van der Waals surface area (Å²) in [6, 6.07) is 12.8. The van der Waals surface area contributed by atoms with Gasteiger partial charge in [-0.3, -0.25) is 8.37 Å². The second kappa shape index (κ2) is 8.91. The van der Waals surface area contributed by atoms with Gasteiger partial charge in [-0.05, 0) is 35.4 Å². The summed E-state index contributed by atoms with van der Waals surface area (Å²) in [7, 11) is -4.89. The second-order valence-electron chi connectivity index (χ2n) is 5.99. The van der Waals surface area contributed by atoms with Gasteiger partial charge in [-0.25, -0.2) is 0 Å². The molecule has 2 aromatic carbocycles. The zero-order chi connectivity index (χ0) is 20.9. The third kappa shape index (κ3) is 6.48. The summed E-state index contributed by atoms with van der Waals surface area (Å²) < 4.78 is 68.1. The van der Waals surface area contributed by atoms with Crippen molar-refractivity contribution in [2.24, 2.45) is 0 Å². The Balaban J connectivity index is 2.57. The van der Waals surface area contributed by atoms with Gasteiger partial charge in [-0.2, -0.15) is 16.8 Å². The monoisotopic (exact) mass is 430 g/mol. The normalized spacial score (nSPS) is 14.3. The molecule has 0 bridgehead atoms. The fraction of sp³-hybridized carbons (Fsp3) is 0.333. The Morgan fingerprint density at radius 3 is 1.11 bits per heavy atom. The molecule has 2 atom stereocenters. The van der Waals surface area contributed by atoms with Crippen LogP contribution in [0.25, 0.3) is 0 Å². The lowest BCUT2D eigenvalue weighted by atomic mass is 9.98. The van der Waals surface area contributed by atoms with Gasteiger partial charge in [0.1, 0.15) is 23.7 Å². The Morgan fingerprint density at radius 1 is 0.607 bits per heavy atom. The Morgan fingerprint density at radius 2 is 0.893 bits per heavy atom. The highest BCUT2D eigenvalue weighted by molar-refractivity contribution is 7.86. The highest BCUT2D eigenvalue weighted by Gasteiger charge is 2.33. The number of methoxy groups -OCH3 is 2. The van der Waals surface area contributed by atoms with Crippen LogP contribution in [-0.4, -0.2) is 43.6 Å². The molecule has 0 saturated carbocycles. The molecule has 0 N–H and O–H groups in total. The number of hydrogen-bond donors (Lipinski definition) is 0. The highest BCUT2D eigenvalue weighted by atomic mass is 32.2. The number of ether oxygens (including phenoxy) is 2. The molecule has 2 rings (SSSR count). The van der Waals surface area contributed by atoms with E-state index in [1.807, 2.05) is 0 Å². The van der Waals surface area contributed by atoms with Crippen molar-refractivity contribution in [1.82, 2.24) is 0 Å². The summed E-state index contributed by atoms with van der Waals surface area (Å²) in [5, 5.41) is 0. The van der Waals surface area contributed by atoms with Crippen molar-refractivity contribution in [3.8, 4) is 11.5 Å². The molecule has 0 fully saturated rings. The minimum atomic E-state index is -3.94. The molecule has 0 spiro atoms. The van der Waals surface area contributed by atoms with Crippen LogP contribution < -0.4 is 9.47 Å². The fourth-order valence-corrected chi connectivity index (χ4v) is 3.70. The lowest BCUT2D eigenvalue weighted by molar-refractivity contribution is 0.0630. The summed E-state index contributed by atoms with van der Waals surface area (Å²) in [5.74, 6) is 1.10. The van der Waals surface area contributed by atoms with Crippen LogP contribution in [0, 0.1) is 0 Å². The fourth-order valence-electron chi connectivity index (χ4n) is 2.53. The van der Waals surface area contributed by atoms with E-state index in [4.69, 9.17) is 17.8 Å². The molecule has 28 heavy (non-hydrogen) atoms. The third-order valence-electron chi connectivity index (χ3n) is 3.72. The predicted octanol–water partition coefficient (Wildman–Crippen LogP) is 2.44. The van der Waals surface area contributed by atoms with Crippen LogP contribution in [0.4, 0.5) is 0 Å². The Hall–Kier alpha value is -2.14. The van der Waals surface area contributed by atoms with Crippen LogP contribution in [-0.2, 0) is 28.6 Å². The van der Waals surface area contributed by atoms with Crippen molar-refractivity contribution in [2.45, 2.75) is 12.2 Å². The molecule has 0 saturated heterocycles. The van der Waals surface area contributed by atoms with E-state index < -0.39 is 32.4 Å². The Labute approximate surface area is 165 Å². The standard InChI is InChI=1S/C18H22O8S2/c1-23-15-9-5-13(6-10-15)17(25-27(3,19)20)18(26-28(4,21)22)14-7-11-16(24-2)12-8-14/h5-12,17-18H,1-4H3. The van der Waals surface area contributed by atoms with Crippen molar-refractivity contribution in [3.63, 3.8) is 0 Å². The summed E-state index contributed by atoms with van der Waals surface area (Å²) in [4.78, 5) is 0. The molecule has 0 heterocycles. The van der Waals surface area contributed by atoms with Crippen molar-refractivity contribution in [3.05, 3.63) is 59.7 Å². The van der Waals surface area contributed by atoms with Gasteiger partial charge in [0, 0.05) is 0 Å². The lowest BCUT2D eigenvalue weighted by Gasteiger charge is -2.26. The third-order valence-corrected chi connectivity index (χ3v) is 4.83. The summed E-state index contributed by atoms with van der Waals surface area (Å²) >= 11 is 0. The molecular weight excluding hydrogens is 408 g/mol. The van der Waals surface area contributed by atoms with Gasteiger partial charge in [0.25, 0.3) is 20.2 Å². The minimum Gasteiger partial charge on any atom is -0.497 e. The van der Waals surface area contributed by atoms with Gasteiger partial charge in [-0.15, -0.1) is 0 Å². The first-order chi connectivity index (χ1) is 13.0. The Bertz CT molecular complexity index is 897. The zero-order valence-electron chi connectivity index (χ0n) is 15.9. The van der Waals surface area contributed by atoms with Gasteiger partial charge < -0.3 is 9.47 Å². The topological polar surface area (TPSA) is 105 Å². The van der Waals surface area contributed by atoms with Crippen molar-refractivity contribution < 1.29 is 34.7 Å². The van der Waals surface area contributed by atoms with Crippen molar-refractivity contribution in [1.29, 1.82) is 0 Å². The van der Waals surface area contributed by atoms with Gasteiger partial charge in [0.15, 0.2) is 0 Å². The van der Waals surface area contributed by atoms with Crippen LogP contribution >= 0.6 is 0 Å². The molecule has 0 aliphatic heterocycles. The number of benzene rings is 2. The molecule has 8 nitrogen and oxygen atoms in total. The maximum Gasteiger partial charge on any atom is 0.265 e. The first kappa shape index (κ1) is 22.2. The van der Waals surface area contributed by atoms with Crippen molar-refractivity contribution in [2.75, 3.05) is 26.7 Å². The van der Waals surface area contributed by atoms with E-state index in [0.717, 1.165) is 12.5 Å². The largest absolute Gasteiger partial charge is 0.497 e. The minimum absolute atomic E-state index is 0.399. The quantitative estimate of drug-likeness (QED) is 0.559. The molecule has 0 aliphatic rings. The number of rotatable bonds is 9. The second-order valence-corrected chi connectivity index (χ2v) is 9.19. The first-order valence-corrected chi connectivity index (χ1v) is 11.7. The van der Waals surface area contributed by atoms with Gasteiger partial charge in [0.05, 0.1) is 26.7 Å². The van der Waals surface area contributed by atoms with E-state index in [1.54, 1.807) is 48.5 Å². The average Bonchev–Trinajstić information content (AvgIpc) is 2.63. The van der Waals surface area contributed by atoms with E-state index >= 15 is 0 Å². The molecule has 0 aromatic heterocycles.